The predicted molar refractivity (Wildman–Crippen MR) is 136 cm³/mol. The highest BCUT2D eigenvalue weighted by molar-refractivity contribution is 7.15. The summed E-state index contributed by atoms with van der Waals surface area (Å²) >= 11 is 1.58. The topological polar surface area (TPSA) is 92.7 Å². The fourth-order valence-electron chi connectivity index (χ4n) is 4.78. The minimum absolute atomic E-state index is 0.0228. The highest BCUT2D eigenvalue weighted by Crippen LogP contribution is 2.33. The molecule has 3 aromatic heterocycles. The molecule has 8 nitrogen and oxygen atoms in total. The van der Waals surface area contributed by atoms with Crippen LogP contribution in [0.25, 0.3) is 21.9 Å². The van der Waals surface area contributed by atoms with Gasteiger partial charge in [-0.2, -0.15) is 0 Å². The number of nitrogens with zero attached hydrogens (tertiary/aromatic N) is 5. The molecular formula is C26H29N5O3S. The van der Waals surface area contributed by atoms with Crippen molar-refractivity contribution in [3.05, 3.63) is 53.8 Å². The van der Waals surface area contributed by atoms with Gasteiger partial charge in [-0.15, -0.1) is 16.4 Å². The number of hydrogen-bond donors (Lipinski definition) is 1. The maximum Gasteiger partial charge on any atom is 0.341 e. The minimum atomic E-state index is -1.10. The lowest BCUT2D eigenvalue weighted by molar-refractivity contribution is -0.123. The summed E-state index contributed by atoms with van der Waals surface area (Å²) in [6, 6.07) is 7.45. The van der Waals surface area contributed by atoms with Crippen LogP contribution in [0.15, 0.2) is 48.2 Å². The number of thiazole rings is 1. The number of carboxylic acid groups (broad SMARTS) is 1. The first-order valence-corrected chi connectivity index (χ1v) is 12.9. The van der Waals surface area contributed by atoms with E-state index < -0.39 is 5.97 Å². The smallest absolute Gasteiger partial charge is 0.341 e. The van der Waals surface area contributed by atoms with Gasteiger partial charge in [-0.25, -0.2) is 14.5 Å². The summed E-state index contributed by atoms with van der Waals surface area (Å²) < 4.78 is 3.53. The van der Waals surface area contributed by atoms with Crippen molar-refractivity contribution < 1.29 is 14.7 Å². The molecule has 0 aliphatic heterocycles. The summed E-state index contributed by atoms with van der Waals surface area (Å²) in [6.07, 6.45) is 9.14. The second-order valence-electron chi connectivity index (χ2n) is 9.64. The lowest BCUT2D eigenvalue weighted by Crippen LogP contribution is -2.43. The van der Waals surface area contributed by atoms with E-state index in [0.717, 1.165) is 41.9 Å². The number of anilines is 1. The standard InChI is InChI=1S/C26H29N5O3S/c1-16(2)31(24(32)19-6-4-17(3)5-7-19)23-21(25(33)34)14-30(28-23)20-10-8-18(9-11-20)22-15-29-12-13-35-26(29)27-22/h8-17,19H,4-7H2,1-3H3,(H,33,34)/t17-,19-. The zero-order valence-electron chi connectivity index (χ0n) is 20.1. The number of carboxylic acids is 1. The van der Waals surface area contributed by atoms with Gasteiger partial charge in [-0.05, 0) is 57.6 Å². The summed E-state index contributed by atoms with van der Waals surface area (Å²) in [5.41, 5.74) is 2.57. The van der Waals surface area contributed by atoms with Crippen LogP contribution in [0.3, 0.4) is 0 Å². The Hall–Kier alpha value is -3.46. The molecule has 1 fully saturated rings. The molecule has 0 spiro atoms. The molecule has 1 aliphatic carbocycles. The van der Waals surface area contributed by atoms with Gasteiger partial charge in [0.05, 0.1) is 11.4 Å². The lowest BCUT2D eigenvalue weighted by atomic mass is 9.82. The number of hydrogen-bond acceptors (Lipinski definition) is 5. The van der Waals surface area contributed by atoms with Gasteiger partial charge in [-0.3, -0.25) is 14.1 Å². The number of amides is 1. The molecule has 0 saturated heterocycles. The Morgan fingerprint density at radius 3 is 2.46 bits per heavy atom. The summed E-state index contributed by atoms with van der Waals surface area (Å²) in [5, 5.41) is 16.5. The molecule has 0 radical (unpaired) electrons. The third-order valence-corrected chi connectivity index (χ3v) is 7.56. The number of benzene rings is 1. The number of imidazole rings is 1. The molecule has 1 N–H and O–H groups in total. The molecule has 5 rings (SSSR count). The second-order valence-corrected chi connectivity index (χ2v) is 10.5. The van der Waals surface area contributed by atoms with Crippen LogP contribution in [-0.2, 0) is 4.79 Å². The van der Waals surface area contributed by atoms with Crippen molar-refractivity contribution in [1.29, 1.82) is 0 Å². The van der Waals surface area contributed by atoms with Crippen LogP contribution in [0, 0.1) is 11.8 Å². The molecule has 3 heterocycles. The normalized spacial score (nSPS) is 18.3. The van der Waals surface area contributed by atoms with Crippen molar-refractivity contribution in [2.24, 2.45) is 11.8 Å². The Kier molecular flexibility index (Phi) is 6.19. The van der Waals surface area contributed by atoms with Crippen LogP contribution in [-0.4, -0.2) is 42.2 Å². The van der Waals surface area contributed by atoms with E-state index >= 15 is 0 Å². The van der Waals surface area contributed by atoms with Gasteiger partial charge in [0.15, 0.2) is 10.8 Å². The van der Waals surface area contributed by atoms with Gasteiger partial charge in [-0.1, -0.05) is 19.1 Å². The number of aromatic nitrogens is 4. The van der Waals surface area contributed by atoms with Gasteiger partial charge in [0.1, 0.15) is 5.56 Å². The SMILES string of the molecule is CC(C)N(c1nn(-c2ccc(-c3cn4ccsc4n3)cc2)cc1C(=O)O)C(=O)[C@H]1CC[C@H](C)CC1. The molecule has 0 unspecified atom stereocenters. The van der Waals surface area contributed by atoms with Crippen molar-refractivity contribution in [3.63, 3.8) is 0 Å². The van der Waals surface area contributed by atoms with Crippen LogP contribution in [0.5, 0.6) is 0 Å². The monoisotopic (exact) mass is 491 g/mol. The summed E-state index contributed by atoms with van der Waals surface area (Å²) in [7, 11) is 0. The Balaban J connectivity index is 1.46. The van der Waals surface area contributed by atoms with Crippen molar-refractivity contribution in [2.45, 2.75) is 52.5 Å². The van der Waals surface area contributed by atoms with E-state index in [1.165, 1.54) is 6.20 Å². The number of fused-ring (bicyclic) bond motifs is 1. The van der Waals surface area contributed by atoms with Crippen molar-refractivity contribution in [2.75, 3.05) is 4.90 Å². The average Bonchev–Trinajstić information content (AvgIpc) is 3.55. The molecule has 35 heavy (non-hydrogen) atoms. The van der Waals surface area contributed by atoms with Crippen LogP contribution >= 0.6 is 11.3 Å². The number of rotatable bonds is 6. The third kappa shape index (κ3) is 4.48. The first-order valence-electron chi connectivity index (χ1n) is 12.0. The third-order valence-electron chi connectivity index (χ3n) is 6.79. The van der Waals surface area contributed by atoms with Gasteiger partial charge >= 0.3 is 5.97 Å². The van der Waals surface area contributed by atoms with Crippen molar-refractivity contribution in [1.82, 2.24) is 19.2 Å². The molecule has 4 aromatic rings. The van der Waals surface area contributed by atoms with E-state index in [4.69, 9.17) is 0 Å². The Bertz CT molecular complexity index is 1330. The van der Waals surface area contributed by atoms with Gasteiger partial charge in [0.2, 0.25) is 5.91 Å². The average molecular weight is 492 g/mol. The van der Waals surface area contributed by atoms with Crippen molar-refractivity contribution >= 4 is 34.0 Å². The molecule has 1 aromatic carbocycles. The fraction of sp³-hybridized carbons (Fsp3) is 0.385. The van der Waals surface area contributed by atoms with Gasteiger partial charge in [0.25, 0.3) is 0 Å². The zero-order valence-corrected chi connectivity index (χ0v) is 20.9. The highest BCUT2D eigenvalue weighted by atomic mass is 32.1. The predicted octanol–water partition coefficient (Wildman–Crippen LogP) is 5.51. The summed E-state index contributed by atoms with van der Waals surface area (Å²) in [4.78, 5) is 32.8. The number of carbonyl (C=O) groups is 2. The van der Waals surface area contributed by atoms with Crippen LogP contribution in [0.4, 0.5) is 5.82 Å². The van der Waals surface area contributed by atoms with Gasteiger partial charge in [0, 0.05) is 41.5 Å². The Morgan fingerprint density at radius 1 is 1.11 bits per heavy atom. The maximum atomic E-state index is 13.5. The summed E-state index contributed by atoms with van der Waals surface area (Å²) in [5.74, 6) is -0.396. The molecule has 0 atom stereocenters. The Labute approximate surface area is 207 Å². The fourth-order valence-corrected chi connectivity index (χ4v) is 5.48. The maximum absolute atomic E-state index is 13.5. The molecule has 0 bridgehead atoms. The van der Waals surface area contributed by atoms with E-state index in [1.54, 1.807) is 20.9 Å². The van der Waals surface area contributed by atoms with E-state index in [0.29, 0.717) is 11.6 Å². The first-order chi connectivity index (χ1) is 16.8. The molecule has 182 valence electrons. The molecular weight excluding hydrogens is 462 g/mol. The largest absolute Gasteiger partial charge is 0.477 e. The van der Waals surface area contributed by atoms with Crippen LogP contribution in [0.2, 0.25) is 0 Å². The van der Waals surface area contributed by atoms with E-state index in [-0.39, 0.29) is 29.2 Å². The zero-order chi connectivity index (χ0) is 24.7. The molecule has 1 amide bonds. The summed E-state index contributed by atoms with van der Waals surface area (Å²) in [6.45, 7) is 6.02. The van der Waals surface area contributed by atoms with E-state index in [2.05, 4.69) is 17.0 Å². The van der Waals surface area contributed by atoms with Crippen molar-refractivity contribution in [3.8, 4) is 16.9 Å². The number of carbonyl (C=O) groups excluding carboxylic acids is 1. The van der Waals surface area contributed by atoms with Gasteiger partial charge < -0.3 is 5.11 Å². The highest BCUT2D eigenvalue weighted by Gasteiger charge is 2.34. The van der Waals surface area contributed by atoms with E-state index in [1.807, 2.05) is 60.3 Å². The number of aromatic carboxylic acids is 1. The molecule has 9 heteroatoms. The minimum Gasteiger partial charge on any atom is -0.477 e. The van der Waals surface area contributed by atoms with Crippen LogP contribution in [0.1, 0.15) is 56.8 Å². The molecule has 1 saturated carbocycles. The second kappa shape index (κ2) is 9.30. The van der Waals surface area contributed by atoms with Crippen LogP contribution < -0.4 is 4.90 Å². The Morgan fingerprint density at radius 2 is 1.83 bits per heavy atom. The lowest BCUT2D eigenvalue weighted by Gasteiger charge is -2.32. The molecule has 1 aliphatic rings. The van der Waals surface area contributed by atoms with E-state index in [9.17, 15) is 14.7 Å². The quantitative estimate of drug-likeness (QED) is 0.384. The first kappa shape index (κ1) is 23.3.